The molecule has 1 amide bonds. The second kappa shape index (κ2) is 15.9. The number of benzene rings is 3. The molecular formula is C36H43N3O10. The van der Waals surface area contributed by atoms with Crippen LogP contribution < -0.4 is 19.5 Å². The zero-order chi connectivity index (χ0) is 34.3. The molecule has 3 heterocycles. The highest BCUT2D eigenvalue weighted by Gasteiger charge is 2.44. The maximum atomic E-state index is 13.3. The second-order valence-electron chi connectivity index (χ2n) is 13.1. The third-order valence-corrected chi connectivity index (χ3v) is 8.83. The highest BCUT2D eigenvalue weighted by Crippen LogP contribution is 2.34. The van der Waals surface area contributed by atoms with Crippen LogP contribution in [0.2, 0.25) is 0 Å². The van der Waals surface area contributed by atoms with Crippen LogP contribution in [0.4, 0.5) is 10.5 Å². The molecule has 6 rings (SSSR count). The van der Waals surface area contributed by atoms with Crippen LogP contribution in [0.3, 0.4) is 0 Å². The van der Waals surface area contributed by atoms with Gasteiger partial charge in [0, 0.05) is 31.8 Å². The first kappa shape index (κ1) is 34.4. The fourth-order valence-corrected chi connectivity index (χ4v) is 6.47. The van der Waals surface area contributed by atoms with Crippen molar-refractivity contribution in [2.75, 3.05) is 33.1 Å². The fourth-order valence-electron chi connectivity index (χ4n) is 6.47. The largest absolute Gasteiger partial charge is 0.489 e. The number of non-ortho nitro benzene ring substituents is 1. The van der Waals surface area contributed by atoms with Crippen LogP contribution in [0, 0.1) is 22.0 Å². The van der Waals surface area contributed by atoms with E-state index < -0.39 is 29.3 Å². The number of hydrogen-bond acceptors (Lipinski definition) is 11. The Kier molecular flexibility index (Phi) is 11.1. The van der Waals surface area contributed by atoms with Crippen LogP contribution in [-0.2, 0) is 33.8 Å². The molecule has 3 aliphatic rings. The van der Waals surface area contributed by atoms with E-state index in [0.29, 0.717) is 54.8 Å². The summed E-state index contributed by atoms with van der Waals surface area (Å²) in [4.78, 5) is 26.1. The van der Waals surface area contributed by atoms with Crippen molar-refractivity contribution >= 4 is 11.8 Å². The van der Waals surface area contributed by atoms with Gasteiger partial charge in [0.05, 0.1) is 36.2 Å². The van der Waals surface area contributed by atoms with Crippen molar-refractivity contribution in [3.8, 4) is 17.2 Å². The van der Waals surface area contributed by atoms with Crippen LogP contribution in [0.15, 0.2) is 66.7 Å². The van der Waals surface area contributed by atoms with Gasteiger partial charge in [-0.05, 0) is 59.7 Å². The minimum atomic E-state index is -0.938. The van der Waals surface area contributed by atoms with Crippen LogP contribution in [-0.4, -0.2) is 78.7 Å². The van der Waals surface area contributed by atoms with Crippen molar-refractivity contribution in [3.05, 3.63) is 93.5 Å². The van der Waals surface area contributed by atoms with E-state index in [1.165, 1.54) is 12.1 Å². The summed E-state index contributed by atoms with van der Waals surface area (Å²) in [6.45, 7) is 7.04. The van der Waals surface area contributed by atoms with Crippen molar-refractivity contribution in [1.29, 1.82) is 0 Å². The zero-order valence-electron chi connectivity index (χ0n) is 27.7. The van der Waals surface area contributed by atoms with Crippen molar-refractivity contribution in [2.45, 2.75) is 64.4 Å². The van der Waals surface area contributed by atoms with E-state index >= 15 is 0 Å². The van der Waals surface area contributed by atoms with Gasteiger partial charge >= 0.3 is 6.09 Å². The normalized spacial score (nSPS) is 20.6. The average Bonchev–Trinajstić information content (AvgIpc) is 3.83. The van der Waals surface area contributed by atoms with Gasteiger partial charge in [0.25, 0.3) is 5.69 Å². The highest BCUT2D eigenvalue weighted by atomic mass is 16.7. The second-order valence-corrected chi connectivity index (χ2v) is 13.1. The lowest BCUT2D eigenvalue weighted by atomic mass is 10.00. The summed E-state index contributed by atoms with van der Waals surface area (Å²) in [5, 5.41) is 25.8. The first-order valence-corrected chi connectivity index (χ1v) is 16.6. The number of amides is 1. The third-order valence-electron chi connectivity index (χ3n) is 8.83. The highest BCUT2D eigenvalue weighted by molar-refractivity contribution is 5.68. The molecule has 0 spiro atoms. The van der Waals surface area contributed by atoms with E-state index in [9.17, 15) is 20.0 Å². The van der Waals surface area contributed by atoms with Gasteiger partial charge in [-0.1, -0.05) is 44.2 Å². The standard InChI is InChI=1S/C36H43N3O10/c1-23(2)17-38(18-25-8-11-32-33(16-25)48-22-47-32)19-31(40)30(37-36(41)49-34-21-46-35-29(34)12-13-44-35)15-24-6-9-28(10-7-24)45-20-26-4-3-5-27(14-26)39(42)43/h3-11,14,16,23,29-31,34-35,40H,12-13,15,17-22H2,1-2H3,(H,37,41)/t29-,30-,31+,34-,35+/m0/s1. The third kappa shape index (κ3) is 9.18. The molecule has 0 saturated carbocycles. The SMILES string of the molecule is CC(C)CN(Cc1ccc2c(c1)OCO2)C[C@@H](O)[C@H](Cc1ccc(OCc2cccc([N+](=O)[O-])c2)cc1)NC(=O)O[C@H]1CO[C@H]2OCC[C@H]21. The summed E-state index contributed by atoms with van der Waals surface area (Å²) < 4.78 is 33.9. The summed E-state index contributed by atoms with van der Waals surface area (Å²) in [6, 6.07) is 18.8. The Morgan fingerprint density at radius 2 is 1.82 bits per heavy atom. The van der Waals surface area contributed by atoms with Gasteiger partial charge in [0.2, 0.25) is 6.79 Å². The number of ether oxygens (including phenoxy) is 6. The van der Waals surface area contributed by atoms with Gasteiger partial charge in [-0.2, -0.15) is 0 Å². The van der Waals surface area contributed by atoms with Crippen molar-refractivity contribution in [2.24, 2.45) is 11.8 Å². The molecule has 0 radical (unpaired) electrons. The minimum absolute atomic E-state index is 0.00627. The number of carbonyl (C=O) groups is 1. The Hall–Kier alpha value is -4.43. The van der Waals surface area contributed by atoms with Crippen LogP contribution >= 0.6 is 0 Å². The van der Waals surface area contributed by atoms with Gasteiger partial charge in [-0.25, -0.2) is 4.79 Å². The van der Waals surface area contributed by atoms with Crippen LogP contribution in [0.25, 0.3) is 0 Å². The molecular weight excluding hydrogens is 634 g/mol. The average molecular weight is 678 g/mol. The lowest BCUT2D eigenvalue weighted by molar-refractivity contribution is -0.384. The first-order valence-electron chi connectivity index (χ1n) is 16.6. The van der Waals surface area contributed by atoms with E-state index in [2.05, 4.69) is 24.1 Å². The van der Waals surface area contributed by atoms with Gasteiger partial charge in [0.1, 0.15) is 18.5 Å². The quantitative estimate of drug-likeness (QED) is 0.168. The molecule has 0 aromatic heterocycles. The molecule has 3 aromatic rings. The van der Waals surface area contributed by atoms with Crippen LogP contribution in [0.5, 0.6) is 17.2 Å². The predicted octanol–water partition coefficient (Wildman–Crippen LogP) is 4.82. The molecule has 13 nitrogen and oxygen atoms in total. The lowest BCUT2D eigenvalue weighted by Gasteiger charge is -2.31. The molecule has 13 heteroatoms. The molecule has 0 bridgehead atoms. The van der Waals surface area contributed by atoms with E-state index in [4.69, 9.17) is 28.4 Å². The molecule has 262 valence electrons. The Morgan fingerprint density at radius 1 is 1.02 bits per heavy atom. The number of hydrogen-bond donors (Lipinski definition) is 2. The maximum Gasteiger partial charge on any atom is 0.407 e. The predicted molar refractivity (Wildman–Crippen MR) is 177 cm³/mol. The van der Waals surface area contributed by atoms with Gasteiger partial charge in [-0.3, -0.25) is 15.0 Å². The number of rotatable bonds is 15. The van der Waals surface area contributed by atoms with Gasteiger partial charge < -0.3 is 38.8 Å². The van der Waals surface area contributed by atoms with E-state index in [0.717, 1.165) is 24.1 Å². The Labute approximate surface area is 285 Å². The number of carbonyl (C=O) groups excluding carboxylic acids is 1. The number of nitrogens with one attached hydrogen (secondary N) is 1. The summed E-state index contributed by atoms with van der Waals surface area (Å²) in [7, 11) is 0. The van der Waals surface area contributed by atoms with E-state index in [-0.39, 0.29) is 37.9 Å². The molecule has 5 atom stereocenters. The number of alkyl carbamates (subject to hydrolysis) is 1. The number of nitrogens with zero attached hydrogens (tertiary/aromatic N) is 2. The molecule has 2 saturated heterocycles. The molecule has 3 aromatic carbocycles. The number of aliphatic hydroxyl groups is 1. The lowest BCUT2D eigenvalue weighted by Crippen LogP contribution is -2.50. The molecule has 0 unspecified atom stereocenters. The topological polar surface area (TPSA) is 151 Å². The number of nitro benzene ring substituents is 1. The molecule has 2 N–H and O–H groups in total. The first-order chi connectivity index (χ1) is 23.7. The van der Waals surface area contributed by atoms with E-state index in [1.807, 2.05) is 30.3 Å². The van der Waals surface area contributed by atoms with Crippen LogP contribution in [0.1, 0.15) is 37.0 Å². The minimum Gasteiger partial charge on any atom is -0.489 e. The summed E-state index contributed by atoms with van der Waals surface area (Å²) >= 11 is 0. The Morgan fingerprint density at radius 3 is 2.61 bits per heavy atom. The van der Waals surface area contributed by atoms with Crippen molar-refractivity contribution in [1.82, 2.24) is 10.2 Å². The summed E-state index contributed by atoms with van der Waals surface area (Å²) in [6.07, 6.45) is -1.24. The molecule has 0 aliphatic carbocycles. The Bertz CT molecular complexity index is 1590. The molecule has 2 fully saturated rings. The molecule has 49 heavy (non-hydrogen) atoms. The summed E-state index contributed by atoms with van der Waals surface area (Å²) in [5.74, 6) is 2.32. The number of nitro groups is 1. The smallest absolute Gasteiger partial charge is 0.407 e. The monoisotopic (exact) mass is 677 g/mol. The number of fused-ring (bicyclic) bond motifs is 2. The van der Waals surface area contributed by atoms with E-state index in [1.54, 1.807) is 24.3 Å². The summed E-state index contributed by atoms with van der Waals surface area (Å²) in [5.41, 5.74) is 2.58. The fraction of sp³-hybridized carbons (Fsp3) is 0.472. The maximum absolute atomic E-state index is 13.3. The number of aliphatic hydroxyl groups excluding tert-OH is 1. The Balaban J connectivity index is 1.13. The zero-order valence-corrected chi connectivity index (χ0v) is 27.7. The van der Waals surface area contributed by atoms with Gasteiger partial charge in [0.15, 0.2) is 17.8 Å². The molecule has 3 aliphatic heterocycles. The van der Waals surface area contributed by atoms with Crippen molar-refractivity contribution < 1.29 is 43.2 Å². The van der Waals surface area contributed by atoms with Crippen molar-refractivity contribution in [3.63, 3.8) is 0 Å². The van der Waals surface area contributed by atoms with Gasteiger partial charge in [-0.15, -0.1) is 0 Å².